The minimum atomic E-state index is -0.212. The fourth-order valence-electron chi connectivity index (χ4n) is 1.25. The van der Waals surface area contributed by atoms with Gasteiger partial charge >= 0.3 is 6.03 Å². The predicted molar refractivity (Wildman–Crippen MR) is 70.3 cm³/mol. The number of hydrogen-bond donors (Lipinski definition) is 3. The first-order chi connectivity index (χ1) is 8.11. The predicted octanol–water partition coefficient (Wildman–Crippen LogP) is 2.43. The Morgan fingerprint density at radius 2 is 2.18 bits per heavy atom. The van der Waals surface area contributed by atoms with Gasteiger partial charge in [-0.15, -0.1) is 0 Å². The van der Waals surface area contributed by atoms with Crippen molar-refractivity contribution in [3.63, 3.8) is 0 Å². The number of nitrogens with one attached hydrogen (secondary N) is 3. The van der Waals surface area contributed by atoms with Crippen molar-refractivity contribution in [2.45, 2.75) is 33.2 Å². The molecule has 0 unspecified atom stereocenters. The van der Waals surface area contributed by atoms with Gasteiger partial charge in [-0.1, -0.05) is 6.92 Å². The molecule has 0 spiro atoms. The molecule has 1 aromatic rings. The van der Waals surface area contributed by atoms with Crippen molar-refractivity contribution in [2.24, 2.45) is 0 Å². The van der Waals surface area contributed by atoms with Crippen molar-refractivity contribution in [1.82, 2.24) is 10.3 Å². The molecule has 1 heterocycles. The van der Waals surface area contributed by atoms with Crippen LogP contribution in [0.4, 0.5) is 16.3 Å². The van der Waals surface area contributed by atoms with Gasteiger partial charge in [0.05, 0.1) is 11.9 Å². The minimum absolute atomic E-state index is 0.119. The van der Waals surface area contributed by atoms with Gasteiger partial charge in [-0.05, 0) is 32.4 Å². The Balaban J connectivity index is 2.47. The zero-order valence-corrected chi connectivity index (χ0v) is 10.6. The molecule has 0 atom stereocenters. The molecular formula is C12H20N4O. The van der Waals surface area contributed by atoms with Crippen LogP contribution in [0.3, 0.4) is 0 Å². The third-order valence-corrected chi connectivity index (χ3v) is 2.00. The lowest BCUT2D eigenvalue weighted by Crippen LogP contribution is -2.34. The number of urea groups is 1. The second-order valence-electron chi connectivity index (χ2n) is 4.11. The molecule has 0 saturated heterocycles. The van der Waals surface area contributed by atoms with Gasteiger partial charge in [0.25, 0.3) is 0 Å². The first kappa shape index (κ1) is 13.3. The van der Waals surface area contributed by atoms with E-state index in [4.69, 9.17) is 0 Å². The number of anilines is 2. The van der Waals surface area contributed by atoms with Gasteiger partial charge in [-0.25, -0.2) is 9.78 Å². The quantitative estimate of drug-likeness (QED) is 0.735. The van der Waals surface area contributed by atoms with Crippen molar-refractivity contribution >= 4 is 17.5 Å². The van der Waals surface area contributed by atoms with Crippen LogP contribution in [0.1, 0.15) is 27.2 Å². The summed E-state index contributed by atoms with van der Waals surface area (Å²) in [4.78, 5) is 15.6. The Hall–Kier alpha value is -1.78. The Morgan fingerprint density at radius 1 is 1.41 bits per heavy atom. The highest BCUT2D eigenvalue weighted by Crippen LogP contribution is 2.09. The molecule has 5 nitrogen and oxygen atoms in total. The molecule has 0 aliphatic rings. The zero-order chi connectivity index (χ0) is 12.7. The fourth-order valence-corrected chi connectivity index (χ4v) is 1.25. The van der Waals surface area contributed by atoms with E-state index in [9.17, 15) is 4.79 Å². The first-order valence-electron chi connectivity index (χ1n) is 5.89. The molecule has 0 fully saturated rings. The maximum atomic E-state index is 11.4. The van der Waals surface area contributed by atoms with Crippen LogP contribution in [-0.2, 0) is 0 Å². The average molecular weight is 236 g/mol. The van der Waals surface area contributed by atoms with E-state index < -0.39 is 0 Å². The number of carbonyl (C=O) groups is 1. The molecule has 0 aliphatic carbocycles. The van der Waals surface area contributed by atoms with Gasteiger partial charge in [0.2, 0.25) is 0 Å². The summed E-state index contributed by atoms with van der Waals surface area (Å²) in [5, 5.41) is 8.63. The van der Waals surface area contributed by atoms with Gasteiger partial charge in [0.15, 0.2) is 0 Å². The third-order valence-electron chi connectivity index (χ3n) is 2.00. The summed E-state index contributed by atoms with van der Waals surface area (Å²) in [5.74, 6) is 0.821. The van der Waals surface area contributed by atoms with E-state index in [1.165, 1.54) is 0 Å². The lowest BCUT2D eigenvalue weighted by atomic mass is 10.4. The lowest BCUT2D eigenvalue weighted by Gasteiger charge is -2.10. The highest BCUT2D eigenvalue weighted by atomic mass is 16.2. The van der Waals surface area contributed by atoms with Crippen LogP contribution in [0.15, 0.2) is 18.3 Å². The van der Waals surface area contributed by atoms with Crippen LogP contribution < -0.4 is 16.0 Å². The third kappa shape index (κ3) is 5.19. The molecule has 1 rings (SSSR count). The van der Waals surface area contributed by atoms with Crippen LogP contribution in [0, 0.1) is 0 Å². The summed E-state index contributed by atoms with van der Waals surface area (Å²) < 4.78 is 0. The molecule has 2 amide bonds. The topological polar surface area (TPSA) is 66.0 Å². The Morgan fingerprint density at radius 3 is 2.71 bits per heavy atom. The summed E-state index contributed by atoms with van der Waals surface area (Å²) >= 11 is 0. The number of carbonyl (C=O) groups excluding carboxylic acids is 1. The Kier molecular flexibility index (Phi) is 5.26. The van der Waals surface area contributed by atoms with E-state index in [1.807, 2.05) is 26.0 Å². The average Bonchev–Trinajstić information content (AvgIpc) is 2.27. The molecule has 3 N–H and O–H groups in total. The van der Waals surface area contributed by atoms with Gasteiger partial charge < -0.3 is 16.0 Å². The largest absolute Gasteiger partial charge is 0.370 e. The van der Waals surface area contributed by atoms with E-state index in [2.05, 4.69) is 27.9 Å². The normalized spacial score (nSPS) is 10.1. The number of aromatic nitrogens is 1. The fraction of sp³-hybridized carbons (Fsp3) is 0.500. The van der Waals surface area contributed by atoms with E-state index in [0.29, 0.717) is 5.69 Å². The summed E-state index contributed by atoms with van der Waals surface area (Å²) in [5.41, 5.74) is 0.685. The van der Waals surface area contributed by atoms with Crippen molar-refractivity contribution in [2.75, 3.05) is 17.2 Å². The Bertz CT molecular complexity index is 348. The van der Waals surface area contributed by atoms with Crippen molar-refractivity contribution in [1.29, 1.82) is 0 Å². The molecule has 94 valence electrons. The SMILES string of the molecule is CCCNc1ccc(NC(=O)NC(C)C)cn1. The first-order valence-corrected chi connectivity index (χ1v) is 5.89. The molecule has 5 heteroatoms. The van der Waals surface area contributed by atoms with Crippen LogP contribution in [-0.4, -0.2) is 23.6 Å². The van der Waals surface area contributed by atoms with Gasteiger partial charge in [-0.3, -0.25) is 0 Å². The van der Waals surface area contributed by atoms with E-state index in [0.717, 1.165) is 18.8 Å². The summed E-state index contributed by atoms with van der Waals surface area (Å²) in [6, 6.07) is 3.58. The lowest BCUT2D eigenvalue weighted by molar-refractivity contribution is 0.250. The second kappa shape index (κ2) is 6.73. The standard InChI is InChI=1S/C12H20N4O/c1-4-7-13-11-6-5-10(8-14-11)16-12(17)15-9(2)3/h5-6,8-9H,4,7H2,1-3H3,(H,13,14)(H2,15,16,17). The number of nitrogens with zero attached hydrogens (tertiary/aromatic N) is 1. The molecule has 1 aromatic heterocycles. The van der Waals surface area contributed by atoms with Gasteiger partial charge in [0, 0.05) is 12.6 Å². The van der Waals surface area contributed by atoms with Crippen LogP contribution in [0.2, 0.25) is 0 Å². The summed E-state index contributed by atoms with van der Waals surface area (Å²) in [6.07, 6.45) is 2.69. The van der Waals surface area contributed by atoms with Crippen molar-refractivity contribution < 1.29 is 4.79 Å². The molecule has 17 heavy (non-hydrogen) atoms. The number of amides is 2. The summed E-state index contributed by atoms with van der Waals surface area (Å²) in [7, 11) is 0. The highest BCUT2D eigenvalue weighted by Gasteiger charge is 2.03. The van der Waals surface area contributed by atoms with Gasteiger partial charge in [-0.2, -0.15) is 0 Å². The maximum absolute atomic E-state index is 11.4. The van der Waals surface area contributed by atoms with Crippen molar-refractivity contribution in [3.8, 4) is 0 Å². The smallest absolute Gasteiger partial charge is 0.319 e. The van der Waals surface area contributed by atoms with Crippen LogP contribution in [0.25, 0.3) is 0 Å². The maximum Gasteiger partial charge on any atom is 0.319 e. The zero-order valence-electron chi connectivity index (χ0n) is 10.6. The van der Waals surface area contributed by atoms with Crippen LogP contribution >= 0.6 is 0 Å². The molecule has 0 radical (unpaired) electrons. The summed E-state index contributed by atoms with van der Waals surface area (Å²) in [6.45, 7) is 6.82. The number of pyridine rings is 1. The Labute approximate surface area is 102 Å². The second-order valence-corrected chi connectivity index (χ2v) is 4.11. The van der Waals surface area contributed by atoms with E-state index >= 15 is 0 Å². The van der Waals surface area contributed by atoms with Crippen LogP contribution in [0.5, 0.6) is 0 Å². The molecule has 0 aromatic carbocycles. The molecule has 0 bridgehead atoms. The molecular weight excluding hydrogens is 216 g/mol. The van der Waals surface area contributed by atoms with E-state index in [-0.39, 0.29) is 12.1 Å². The van der Waals surface area contributed by atoms with Crippen molar-refractivity contribution in [3.05, 3.63) is 18.3 Å². The number of hydrogen-bond acceptors (Lipinski definition) is 3. The molecule has 0 saturated carbocycles. The number of rotatable bonds is 5. The highest BCUT2D eigenvalue weighted by molar-refractivity contribution is 5.89. The van der Waals surface area contributed by atoms with E-state index in [1.54, 1.807) is 6.20 Å². The minimum Gasteiger partial charge on any atom is -0.370 e. The molecule has 0 aliphatic heterocycles. The van der Waals surface area contributed by atoms with Gasteiger partial charge in [0.1, 0.15) is 5.82 Å². The monoisotopic (exact) mass is 236 g/mol.